The number of pyridine rings is 1. The molecule has 0 N–H and O–H groups in total. The fourth-order valence-corrected chi connectivity index (χ4v) is 4.09. The maximum atomic E-state index is 13.2. The molecule has 0 aliphatic carbocycles. The highest BCUT2D eigenvalue weighted by Gasteiger charge is 2.37. The van der Waals surface area contributed by atoms with E-state index < -0.39 is 16.8 Å². The summed E-state index contributed by atoms with van der Waals surface area (Å²) < 4.78 is 13.2. The molecule has 2 aliphatic heterocycles. The van der Waals surface area contributed by atoms with Crippen molar-refractivity contribution in [3.63, 3.8) is 0 Å². The van der Waals surface area contributed by atoms with E-state index in [1.807, 2.05) is 4.90 Å². The number of rotatable bonds is 4. The first-order valence-corrected chi connectivity index (χ1v) is 10.1. The van der Waals surface area contributed by atoms with E-state index in [1.54, 1.807) is 15.9 Å². The van der Waals surface area contributed by atoms with Gasteiger partial charge in [-0.15, -0.1) is 0 Å². The first kappa shape index (κ1) is 20.7. The van der Waals surface area contributed by atoms with E-state index in [1.165, 1.54) is 36.5 Å². The Morgan fingerprint density at radius 3 is 2.35 bits per heavy atom. The lowest BCUT2D eigenvalue weighted by molar-refractivity contribution is -0.389. The summed E-state index contributed by atoms with van der Waals surface area (Å²) in [5.74, 6) is -0.947. The fraction of sp³-hybridized carbons (Fsp3) is 0.381. The Hall–Kier alpha value is -3.56. The van der Waals surface area contributed by atoms with Gasteiger partial charge in [-0.1, -0.05) is 0 Å². The van der Waals surface area contributed by atoms with Gasteiger partial charge in [0.2, 0.25) is 5.91 Å². The van der Waals surface area contributed by atoms with Crippen LogP contribution in [0, 0.1) is 15.9 Å². The van der Waals surface area contributed by atoms with Gasteiger partial charge in [0.1, 0.15) is 11.9 Å². The summed E-state index contributed by atoms with van der Waals surface area (Å²) in [7, 11) is 0. The van der Waals surface area contributed by atoms with Crippen LogP contribution in [0.5, 0.6) is 0 Å². The number of carbonyl (C=O) groups excluding carboxylic acids is 2. The molecule has 10 heteroatoms. The Morgan fingerprint density at radius 1 is 1.03 bits per heavy atom. The van der Waals surface area contributed by atoms with Gasteiger partial charge >= 0.3 is 5.82 Å². The molecule has 2 aliphatic rings. The Labute approximate surface area is 178 Å². The van der Waals surface area contributed by atoms with Crippen molar-refractivity contribution in [1.82, 2.24) is 14.8 Å². The van der Waals surface area contributed by atoms with Crippen molar-refractivity contribution in [3.05, 3.63) is 64.1 Å². The van der Waals surface area contributed by atoms with Gasteiger partial charge in [0, 0.05) is 44.4 Å². The number of amides is 2. The topological polar surface area (TPSA) is 99.9 Å². The Bertz CT molecular complexity index is 974. The predicted molar refractivity (Wildman–Crippen MR) is 110 cm³/mol. The van der Waals surface area contributed by atoms with Gasteiger partial charge < -0.3 is 24.8 Å². The van der Waals surface area contributed by atoms with Crippen LogP contribution in [0.2, 0.25) is 0 Å². The van der Waals surface area contributed by atoms with E-state index >= 15 is 0 Å². The monoisotopic (exact) mass is 427 g/mol. The van der Waals surface area contributed by atoms with Crippen LogP contribution in [0.15, 0.2) is 42.6 Å². The van der Waals surface area contributed by atoms with Crippen molar-refractivity contribution in [2.75, 3.05) is 37.6 Å². The maximum Gasteiger partial charge on any atom is 0.363 e. The minimum absolute atomic E-state index is 0.0746. The van der Waals surface area contributed by atoms with Crippen molar-refractivity contribution in [2.24, 2.45) is 0 Å². The number of nitrogens with zero attached hydrogens (tertiary/aromatic N) is 5. The van der Waals surface area contributed by atoms with Crippen molar-refractivity contribution >= 4 is 23.3 Å². The molecule has 0 bridgehead atoms. The second-order valence-corrected chi connectivity index (χ2v) is 7.61. The molecule has 3 heterocycles. The average Bonchev–Trinajstić information content (AvgIpc) is 3.29. The van der Waals surface area contributed by atoms with E-state index in [4.69, 9.17) is 0 Å². The zero-order valence-electron chi connectivity index (χ0n) is 16.8. The van der Waals surface area contributed by atoms with E-state index in [-0.39, 0.29) is 17.6 Å². The molecule has 0 radical (unpaired) electrons. The lowest BCUT2D eigenvalue weighted by atomic mass is 10.1. The molecular weight excluding hydrogens is 405 g/mol. The smallest absolute Gasteiger partial charge is 0.363 e. The van der Waals surface area contributed by atoms with Crippen LogP contribution >= 0.6 is 0 Å². The summed E-state index contributed by atoms with van der Waals surface area (Å²) in [6.07, 6.45) is 2.83. The van der Waals surface area contributed by atoms with Crippen molar-refractivity contribution < 1.29 is 18.9 Å². The van der Waals surface area contributed by atoms with Crippen LogP contribution in [0.3, 0.4) is 0 Å². The summed E-state index contributed by atoms with van der Waals surface area (Å²) >= 11 is 0. The third-order valence-electron chi connectivity index (χ3n) is 5.77. The zero-order valence-corrected chi connectivity index (χ0v) is 16.8. The lowest BCUT2D eigenvalue weighted by Gasteiger charge is -2.38. The second kappa shape index (κ2) is 8.66. The van der Waals surface area contributed by atoms with Gasteiger partial charge in [0.25, 0.3) is 5.91 Å². The standard InChI is InChI=1S/C21H22FN5O4/c22-16-5-3-15(4-6-16)20(28)26-9-1-2-18(26)21(29)25-12-10-24(11-13-25)17-7-8-19(23-14-17)27(30)31/h3-8,14,18H,1-2,9-13H2/t18-/m0/s1. The van der Waals surface area contributed by atoms with Crippen LogP contribution in [0.4, 0.5) is 15.9 Å². The highest BCUT2D eigenvalue weighted by molar-refractivity contribution is 5.98. The number of piperazine rings is 1. The summed E-state index contributed by atoms with van der Waals surface area (Å²) in [6, 6.07) is 7.87. The van der Waals surface area contributed by atoms with Crippen LogP contribution < -0.4 is 4.90 Å². The maximum absolute atomic E-state index is 13.2. The second-order valence-electron chi connectivity index (χ2n) is 7.61. The van der Waals surface area contributed by atoms with E-state index in [0.29, 0.717) is 44.7 Å². The first-order chi connectivity index (χ1) is 14.9. The molecule has 0 spiro atoms. The number of nitro groups is 1. The molecule has 2 saturated heterocycles. The number of benzene rings is 1. The third-order valence-corrected chi connectivity index (χ3v) is 5.77. The minimum Gasteiger partial charge on any atom is -0.365 e. The van der Waals surface area contributed by atoms with E-state index in [9.17, 15) is 24.1 Å². The molecule has 2 amide bonds. The molecule has 1 atom stereocenters. The molecule has 4 rings (SSSR count). The summed E-state index contributed by atoms with van der Waals surface area (Å²) in [5.41, 5.74) is 1.14. The normalized spacial score (nSPS) is 18.9. The summed E-state index contributed by atoms with van der Waals surface area (Å²) in [5, 5.41) is 10.8. The van der Waals surface area contributed by atoms with Gasteiger partial charge in [-0.25, -0.2) is 4.39 Å². The summed E-state index contributed by atoms with van der Waals surface area (Å²) in [4.78, 5) is 45.4. The fourth-order valence-electron chi connectivity index (χ4n) is 4.09. The number of aromatic nitrogens is 1. The van der Waals surface area contributed by atoms with Crippen molar-refractivity contribution in [1.29, 1.82) is 0 Å². The number of halogens is 1. The molecule has 31 heavy (non-hydrogen) atoms. The molecule has 2 aromatic rings. The largest absolute Gasteiger partial charge is 0.365 e. The van der Waals surface area contributed by atoms with Crippen molar-refractivity contribution in [3.8, 4) is 0 Å². The van der Waals surface area contributed by atoms with E-state index in [0.717, 1.165) is 12.1 Å². The number of hydrogen-bond acceptors (Lipinski definition) is 6. The molecular formula is C21H22FN5O4. The molecule has 0 saturated carbocycles. The molecule has 0 unspecified atom stereocenters. The Morgan fingerprint density at radius 2 is 1.74 bits per heavy atom. The Kier molecular flexibility index (Phi) is 5.79. The van der Waals surface area contributed by atoms with Gasteiger partial charge in [0.15, 0.2) is 6.20 Å². The van der Waals surface area contributed by atoms with Crippen LogP contribution in [-0.2, 0) is 4.79 Å². The van der Waals surface area contributed by atoms with Crippen LogP contribution in [-0.4, -0.2) is 70.3 Å². The first-order valence-electron chi connectivity index (χ1n) is 10.1. The highest BCUT2D eigenvalue weighted by atomic mass is 19.1. The number of anilines is 1. The molecule has 1 aromatic heterocycles. The lowest BCUT2D eigenvalue weighted by Crippen LogP contribution is -2.54. The van der Waals surface area contributed by atoms with Gasteiger partial charge in [-0.3, -0.25) is 9.59 Å². The number of hydrogen-bond donors (Lipinski definition) is 0. The van der Waals surface area contributed by atoms with Gasteiger partial charge in [-0.05, 0) is 53.1 Å². The van der Waals surface area contributed by atoms with Crippen LogP contribution in [0.25, 0.3) is 0 Å². The third kappa shape index (κ3) is 4.32. The zero-order chi connectivity index (χ0) is 22.0. The average molecular weight is 427 g/mol. The predicted octanol–water partition coefficient (Wildman–Crippen LogP) is 2.08. The van der Waals surface area contributed by atoms with Crippen molar-refractivity contribution in [2.45, 2.75) is 18.9 Å². The quantitative estimate of drug-likeness (QED) is 0.547. The van der Waals surface area contributed by atoms with Gasteiger partial charge in [-0.2, -0.15) is 0 Å². The Balaban J connectivity index is 1.38. The molecule has 2 fully saturated rings. The SMILES string of the molecule is O=C([C@@H]1CCCN1C(=O)c1ccc(F)cc1)N1CCN(c2ccc([N+](=O)[O-])nc2)CC1. The van der Waals surface area contributed by atoms with Gasteiger partial charge in [0.05, 0.1) is 5.69 Å². The molecule has 9 nitrogen and oxygen atoms in total. The number of likely N-dealkylation sites (tertiary alicyclic amines) is 1. The molecule has 1 aromatic carbocycles. The summed E-state index contributed by atoms with van der Waals surface area (Å²) in [6.45, 7) is 2.63. The van der Waals surface area contributed by atoms with E-state index in [2.05, 4.69) is 4.98 Å². The highest BCUT2D eigenvalue weighted by Crippen LogP contribution is 2.24. The number of carbonyl (C=O) groups is 2. The van der Waals surface area contributed by atoms with Crippen LogP contribution in [0.1, 0.15) is 23.2 Å². The minimum atomic E-state index is -0.541. The molecule has 162 valence electrons.